The summed E-state index contributed by atoms with van der Waals surface area (Å²) < 4.78 is 47.7. The summed E-state index contributed by atoms with van der Waals surface area (Å²) in [5, 5.41) is 9.16. The van der Waals surface area contributed by atoms with Crippen molar-refractivity contribution >= 4 is 11.4 Å². The van der Waals surface area contributed by atoms with Gasteiger partial charge in [-0.3, -0.25) is 0 Å². The van der Waals surface area contributed by atoms with Gasteiger partial charge in [-0.15, -0.1) is 0 Å². The highest BCUT2D eigenvalue weighted by Crippen LogP contribution is 2.34. The number of ether oxygens (including phenoxy) is 2. The van der Waals surface area contributed by atoms with Gasteiger partial charge in [0.2, 0.25) is 0 Å². The first kappa shape index (κ1) is 15.7. The van der Waals surface area contributed by atoms with Crippen LogP contribution in [-0.2, 0) is 4.74 Å². The predicted octanol–water partition coefficient (Wildman–Crippen LogP) is 1.60. The van der Waals surface area contributed by atoms with Gasteiger partial charge in [-0.1, -0.05) is 0 Å². The molecular formula is C13H17F3N2O3. The fourth-order valence-corrected chi connectivity index (χ4v) is 2.26. The van der Waals surface area contributed by atoms with E-state index in [9.17, 15) is 13.2 Å². The molecule has 0 saturated carbocycles. The van der Waals surface area contributed by atoms with Gasteiger partial charge in [-0.2, -0.15) is 8.78 Å². The highest BCUT2D eigenvalue weighted by Gasteiger charge is 2.28. The molecule has 2 rings (SSSR count). The van der Waals surface area contributed by atoms with Crippen LogP contribution in [0.1, 0.15) is 6.92 Å². The van der Waals surface area contributed by atoms with Crippen LogP contribution >= 0.6 is 0 Å². The second kappa shape index (κ2) is 6.40. The Kier molecular flexibility index (Phi) is 4.79. The molecule has 0 aromatic heterocycles. The second-order valence-electron chi connectivity index (χ2n) is 4.86. The molecule has 1 aliphatic rings. The number of benzene rings is 1. The van der Waals surface area contributed by atoms with Crippen molar-refractivity contribution in [2.24, 2.45) is 0 Å². The Hall–Kier alpha value is -1.67. The maximum Gasteiger partial charge on any atom is 0.387 e. The van der Waals surface area contributed by atoms with Crippen LogP contribution in [0, 0.1) is 5.82 Å². The van der Waals surface area contributed by atoms with E-state index in [1.807, 2.05) is 6.92 Å². The van der Waals surface area contributed by atoms with Crippen LogP contribution in [0.3, 0.4) is 0 Å². The lowest BCUT2D eigenvalue weighted by atomic mass is 10.1. The monoisotopic (exact) mass is 306 g/mol. The van der Waals surface area contributed by atoms with E-state index in [0.717, 1.165) is 12.1 Å². The van der Waals surface area contributed by atoms with Crippen molar-refractivity contribution in [1.29, 1.82) is 0 Å². The van der Waals surface area contributed by atoms with Gasteiger partial charge in [-0.25, -0.2) is 4.39 Å². The summed E-state index contributed by atoms with van der Waals surface area (Å²) in [5.41, 5.74) is 6.26. The lowest BCUT2D eigenvalue weighted by molar-refractivity contribution is -0.0521. The fraction of sp³-hybridized carbons (Fsp3) is 0.538. The number of alkyl halides is 2. The zero-order valence-corrected chi connectivity index (χ0v) is 11.4. The first-order valence-electron chi connectivity index (χ1n) is 6.45. The van der Waals surface area contributed by atoms with Gasteiger partial charge in [-0.05, 0) is 6.92 Å². The van der Waals surface area contributed by atoms with Crippen molar-refractivity contribution in [2.75, 3.05) is 30.4 Å². The number of nitrogens with two attached hydrogens (primary N) is 1. The molecule has 5 nitrogen and oxygen atoms in total. The number of hydrogen-bond acceptors (Lipinski definition) is 5. The number of nitrogen functional groups attached to an aromatic ring is 1. The SMILES string of the molecule is CC1COC(CO)CN1c1cc(OC(F)F)c(F)cc1N. The minimum absolute atomic E-state index is 0.0973. The number of anilines is 2. The van der Waals surface area contributed by atoms with E-state index in [-0.39, 0.29) is 18.3 Å². The van der Waals surface area contributed by atoms with Crippen molar-refractivity contribution in [2.45, 2.75) is 25.7 Å². The Morgan fingerprint density at radius 2 is 2.24 bits per heavy atom. The summed E-state index contributed by atoms with van der Waals surface area (Å²) in [6.45, 7) is -0.785. The standard InChI is InChI=1S/C13H17F3N2O3/c1-7-6-20-8(5-19)4-18(7)11-3-12(21-13(15)16)9(14)2-10(11)17/h2-3,7-8,13,19H,4-6,17H2,1H3. The van der Waals surface area contributed by atoms with E-state index >= 15 is 0 Å². The van der Waals surface area contributed by atoms with Crippen molar-refractivity contribution in [3.8, 4) is 5.75 Å². The Labute approximate surface area is 120 Å². The van der Waals surface area contributed by atoms with E-state index in [0.29, 0.717) is 18.8 Å². The Bertz CT molecular complexity index is 502. The van der Waals surface area contributed by atoms with Crippen LogP contribution in [0.4, 0.5) is 24.5 Å². The summed E-state index contributed by atoms with van der Waals surface area (Å²) in [5.74, 6) is -1.51. The molecule has 118 valence electrons. The molecule has 0 radical (unpaired) electrons. The number of hydrogen-bond donors (Lipinski definition) is 2. The highest BCUT2D eigenvalue weighted by atomic mass is 19.3. The van der Waals surface area contributed by atoms with Gasteiger partial charge in [0.1, 0.15) is 0 Å². The molecule has 0 spiro atoms. The minimum atomic E-state index is -3.12. The predicted molar refractivity (Wildman–Crippen MR) is 71.1 cm³/mol. The van der Waals surface area contributed by atoms with Crippen molar-refractivity contribution in [3.63, 3.8) is 0 Å². The third-order valence-electron chi connectivity index (χ3n) is 3.32. The molecule has 2 unspecified atom stereocenters. The third kappa shape index (κ3) is 3.51. The maximum atomic E-state index is 13.6. The van der Waals surface area contributed by atoms with E-state index in [1.165, 1.54) is 0 Å². The van der Waals surface area contributed by atoms with Gasteiger partial charge in [0.05, 0.1) is 30.7 Å². The van der Waals surface area contributed by atoms with Gasteiger partial charge < -0.3 is 25.2 Å². The lowest BCUT2D eigenvalue weighted by Gasteiger charge is -2.39. The smallest absolute Gasteiger partial charge is 0.387 e. The zero-order valence-electron chi connectivity index (χ0n) is 11.4. The first-order chi connectivity index (χ1) is 9.92. The number of rotatable bonds is 4. The fourth-order valence-electron chi connectivity index (χ4n) is 2.26. The minimum Gasteiger partial charge on any atom is -0.432 e. The molecule has 1 aromatic rings. The number of morpholine rings is 1. The van der Waals surface area contributed by atoms with Gasteiger partial charge in [0, 0.05) is 24.7 Å². The Morgan fingerprint density at radius 1 is 1.52 bits per heavy atom. The molecule has 1 fully saturated rings. The molecule has 8 heteroatoms. The number of halogens is 3. The van der Waals surface area contributed by atoms with E-state index in [4.69, 9.17) is 15.6 Å². The quantitative estimate of drug-likeness (QED) is 0.827. The Balaban J connectivity index is 2.32. The highest BCUT2D eigenvalue weighted by molar-refractivity contribution is 5.70. The molecule has 2 atom stereocenters. The van der Waals surface area contributed by atoms with Crippen LogP contribution in [0.2, 0.25) is 0 Å². The van der Waals surface area contributed by atoms with Gasteiger partial charge >= 0.3 is 6.61 Å². The molecule has 1 aliphatic heterocycles. The second-order valence-corrected chi connectivity index (χ2v) is 4.86. The third-order valence-corrected chi connectivity index (χ3v) is 3.32. The van der Waals surface area contributed by atoms with E-state index in [2.05, 4.69) is 4.74 Å². The van der Waals surface area contributed by atoms with Crippen LogP contribution in [0.15, 0.2) is 12.1 Å². The average molecular weight is 306 g/mol. The van der Waals surface area contributed by atoms with Gasteiger partial charge in [0.15, 0.2) is 11.6 Å². The number of aliphatic hydroxyl groups is 1. The number of aliphatic hydroxyl groups excluding tert-OH is 1. The molecule has 0 amide bonds. The molecule has 21 heavy (non-hydrogen) atoms. The largest absolute Gasteiger partial charge is 0.432 e. The summed E-state index contributed by atoms with van der Waals surface area (Å²) in [4.78, 5) is 1.78. The van der Waals surface area contributed by atoms with Crippen LogP contribution in [-0.4, -0.2) is 43.6 Å². The zero-order chi connectivity index (χ0) is 15.6. The average Bonchev–Trinajstić information content (AvgIpc) is 2.42. The van der Waals surface area contributed by atoms with E-state index < -0.39 is 24.3 Å². The van der Waals surface area contributed by atoms with Crippen LogP contribution in [0.5, 0.6) is 5.75 Å². The number of nitrogens with zero attached hydrogens (tertiary/aromatic N) is 1. The molecule has 0 bridgehead atoms. The Morgan fingerprint density at radius 3 is 2.86 bits per heavy atom. The molecule has 1 heterocycles. The topological polar surface area (TPSA) is 68.0 Å². The summed E-state index contributed by atoms with van der Waals surface area (Å²) in [6, 6.07) is 2.00. The molecule has 1 saturated heterocycles. The van der Waals surface area contributed by atoms with Crippen molar-refractivity contribution < 1.29 is 27.8 Å². The van der Waals surface area contributed by atoms with Crippen LogP contribution < -0.4 is 15.4 Å². The normalized spacial score (nSPS) is 22.7. The van der Waals surface area contributed by atoms with Gasteiger partial charge in [0.25, 0.3) is 0 Å². The van der Waals surface area contributed by atoms with Crippen LogP contribution in [0.25, 0.3) is 0 Å². The molecular weight excluding hydrogens is 289 g/mol. The van der Waals surface area contributed by atoms with E-state index in [1.54, 1.807) is 4.90 Å². The molecule has 0 aliphatic carbocycles. The van der Waals surface area contributed by atoms with Crippen molar-refractivity contribution in [3.05, 3.63) is 17.9 Å². The maximum absolute atomic E-state index is 13.6. The molecule has 1 aromatic carbocycles. The first-order valence-corrected chi connectivity index (χ1v) is 6.45. The summed E-state index contributed by atoms with van der Waals surface area (Å²) in [6.07, 6.45) is -0.412. The molecule has 3 N–H and O–H groups in total. The lowest BCUT2D eigenvalue weighted by Crippen LogP contribution is -2.49. The summed E-state index contributed by atoms with van der Waals surface area (Å²) >= 11 is 0. The van der Waals surface area contributed by atoms with Crippen molar-refractivity contribution in [1.82, 2.24) is 0 Å². The summed E-state index contributed by atoms with van der Waals surface area (Å²) in [7, 11) is 0.